The Morgan fingerprint density at radius 3 is 2.26 bits per heavy atom. The van der Waals surface area contributed by atoms with E-state index >= 15 is 0 Å². The highest BCUT2D eigenvalue weighted by Gasteiger charge is 2.21. The Kier molecular flexibility index (Phi) is 6.05. The molecule has 27 heavy (non-hydrogen) atoms. The summed E-state index contributed by atoms with van der Waals surface area (Å²) in [6, 6.07) is 7.54. The van der Waals surface area contributed by atoms with E-state index in [2.05, 4.69) is 39.0 Å². The molecule has 0 spiro atoms. The molecule has 142 valence electrons. The summed E-state index contributed by atoms with van der Waals surface area (Å²) in [5.41, 5.74) is 5.94. The Morgan fingerprint density at radius 1 is 0.926 bits per heavy atom. The van der Waals surface area contributed by atoms with Crippen LogP contribution in [0.5, 0.6) is 11.5 Å². The zero-order chi connectivity index (χ0) is 19.4. The number of hydrogen-bond acceptors (Lipinski definition) is 2. The molecule has 0 atom stereocenters. The molecule has 0 saturated heterocycles. The number of phenolic OH excluding ortho intramolecular Hbond substituents is 2. The average Bonchev–Trinajstić information content (AvgIpc) is 2.66. The molecule has 2 heteroatoms. The van der Waals surface area contributed by atoms with Crippen LogP contribution in [0.3, 0.4) is 0 Å². The van der Waals surface area contributed by atoms with Crippen LogP contribution in [-0.2, 0) is 12.8 Å². The van der Waals surface area contributed by atoms with E-state index in [0.717, 1.165) is 54.0 Å². The average molecular weight is 363 g/mol. The first-order valence-electron chi connectivity index (χ1n) is 9.88. The smallest absolute Gasteiger partial charge is 0.127 e. The molecule has 0 fully saturated rings. The molecular weight excluding hydrogens is 332 g/mol. The van der Waals surface area contributed by atoms with E-state index in [1.54, 1.807) is 0 Å². The van der Waals surface area contributed by atoms with Crippen molar-refractivity contribution in [2.45, 2.75) is 59.3 Å². The highest BCUT2D eigenvalue weighted by atomic mass is 16.3. The van der Waals surface area contributed by atoms with Crippen LogP contribution in [0.4, 0.5) is 0 Å². The van der Waals surface area contributed by atoms with E-state index in [1.165, 1.54) is 16.7 Å². The van der Waals surface area contributed by atoms with Crippen LogP contribution in [0.15, 0.2) is 59.2 Å². The molecule has 1 aliphatic carbocycles. The van der Waals surface area contributed by atoms with Gasteiger partial charge in [-0.25, -0.2) is 0 Å². The third-order valence-corrected chi connectivity index (χ3v) is 5.42. The van der Waals surface area contributed by atoms with Crippen LogP contribution in [0, 0.1) is 0 Å². The van der Waals surface area contributed by atoms with Gasteiger partial charge in [-0.15, -0.1) is 0 Å². The molecule has 2 N–H and O–H groups in total. The number of benzene rings is 2. The molecule has 0 aliphatic heterocycles. The fourth-order valence-corrected chi connectivity index (χ4v) is 3.85. The zero-order valence-electron chi connectivity index (χ0n) is 16.7. The number of fused-ring (bicyclic) bond motifs is 2. The van der Waals surface area contributed by atoms with Gasteiger partial charge in [-0.1, -0.05) is 59.2 Å². The van der Waals surface area contributed by atoms with Crippen LogP contribution < -0.4 is 0 Å². The lowest BCUT2D eigenvalue weighted by molar-refractivity contribution is 0.458. The minimum absolute atomic E-state index is 0.323. The Morgan fingerprint density at radius 2 is 1.59 bits per heavy atom. The molecule has 1 aliphatic rings. The lowest BCUT2D eigenvalue weighted by Gasteiger charge is -2.21. The SMILES string of the molecule is CC(C)=CCCC(C)=CCCC1=CCc2c(c(O)c3ccccc3c2O)C1. The van der Waals surface area contributed by atoms with Gasteiger partial charge in [0.2, 0.25) is 0 Å². The number of aromatic hydroxyl groups is 2. The first-order chi connectivity index (χ1) is 13.0. The van der Waals surface area contributed by atoms with Gasteiger partial charge in [0.25, 0.3) is 0 Å². The standard InChI is InChI=1S/C25H30O2/c1-17(2)8-6-9-18(3)10-7-11-19-14-15-22-23(16-19)25(27)21-13-5-4-12-20(21)24(22)26/h4-5,8,10,12-14,26-27H,6-7,9,11,15-16H2,1-3H3. The minimum Gasteiger partial charge on any atom is -0.507 e. The molecule has 3 rings (SSSR count). The number of hydrogen-bond donors (Lipinski definition) is 2. The van der Waals surface area contributed by atoms with Crippen molar-refractivity contribution in [3.63, 3.8) is 0 Å². The first-order valence-corrected chi connectivity index (χ1v) is 9.88. The van der Waals surface area contributed by atoms with Crippen LogP contribution >= 0.6 is 0 Å². The Hall–Kier alpha value is -2.48. The molecule has 0 aromatic heterocycles. The normalized spacial score (nSPS) is 14.0. The first kappa shape index (κ1) is 19.3. The highest BCUT2D eigenvalue weighted by molar-refractivity contribution is 5.95. The van der Waals surface area contributed by atoms with Gasteiger partial charge in [-0.3, -0.25) is 0 Å². The summed E-state index contributed by atoms with van der Waals surface area (Å²) in [7, 11) is 0. The number of phenols is 2. The molecule has 0 radical (unpaired) electrons. The van der Waals surface area contributed by atoms with Crippen LogP contribution in [0.2, 0.25) is 0 Å². The van der Waals surface area contributed by atoms with E-state index in [9.17, 15) is 10.2 Å². The summed E-state index contributed by atoms with van der Waals surface area (Å²) in [6.07, 6.45) is 12.5. The van der Waals surface area contributed by atoms with Crippen molar-refractivity contribution in [3.05, 3.63) is 70.3 Å². The Bertz CT molecular complexity index is 925. The van der Waals surface area contributed by atoms with E-state index in [4.69, 9.17) is 0 Å². The second kappa shape index (κ2) is 8.47. The van der Waals surface area contributed by atoms with Crippen molar-refractivity contribution in [1.82, 2.24) is 0 Å². The minimum atomic E-state index is 0.323. The van der Waals surface area contributed by atoms with Gasteiger partial charge in [-0.2, -0.15) is 0 Å². The van der Waals surface area contributed by atoms with Crippen molar-refractivity contribution >= 4 is 10.8 Å². The molecule has 0 amide bonds. The maximum atomic E-state index is 10.7. The fraction of sp³-hybridized carbons (Fsp3) is 0.360. The predicted octanol–water partition coefficient (Wildman–Crippen LogP) is 6.75. The monoisotopic (exact) mass is 362 g/mol. The van der Waals surface area contributed by atoms with Crippen molar-refractivity contribution in [3.8, 4) is 11.5 Å². The summed E-state index contributed by atoms with van der Waals surface area (Å²) >= 11 is 0. The topological polar surface area (TPSA) is 40.5 Å². The summed E-state index contributed by atoms with van der Waals surface area (Å²) in [5, 5.41) is 22.8. The Labute approximate surface area is 162 Å². The molecule has 0 bridgehead atoms. The van der Waals surface area contributed by atoms with Crippen molar-refractivity contribution in [1.29, 1.82) is 0 Å². The van der Waals surface area contributed by atoms with Gasteiger partial charge in [0.15, 0.2) is 0 Å². The number of rotatable bonds is 6. The van der Waals surface area contributed by atoms with Crippen molar-refractivity contribution < 1.29 is 10.2 Å². The number of allylic oxidation sites excluding steroid dienone is 6. The van der Waals surface area contributed by atoms with Gasteiger partial charge < -0.3 is 10.2 Å². The molecular formula is C25H30O2. The third kappa shape index (κ3) is 4.44. The quantitative estimate of drug-likeness (QED) is 0.441. The van der Waals surface area contributed by atoms with Crippen molar-refractivity contribution in [2.24, 2.45) is 0 Å². The van der Waals surface area contributed by atoms with Crippen LogP contribution in [0.25, 0.3) is 10.8 Å². The Balaban J connectivity index is 1.68. The van der Waals surface area contributed by atoms with Gasteiger partial charge in [0.1, 0.15) is 11.5 Å². The summed E-state index contributed by atoms with van der Waals surface area (Å²) in [5.74, 6) is 0.654. The van der Waals surface area contributed by atoms with E-state index in [0.29, 0.717) is 17.9 Å². The van der Waals surface area contributed by atoms with Gasteiger partial charge in [-0.05, 0) is 59.3 Å². The molecule has 2 nitrogen and oxygen atoms in total. The largest absolute Gasteiger partial charge is 0.507 e. The summed E-state index contributed by atoms with van der Waals surface area (Å²) in [6.45, 7) is 6.49. The molecule has 2 aromatic rings. The zero-order valence-corrected chi connectivity index (χ0v) is 16.7. The molecule has 2 aromatic carbocycles. The summed E-state index contributed by atoms with van der Waals surface area (Å²) < 4.78 is 0. The highest BCUT2D eigenvalue weighted by Crippen LogP contribution is 2.43. The second-order valence-corrected chi connectivity index (χ2v) is 7.85. The lowest BCUT2D eigenvalue weighted by atomic mass is 9.86. The molecule has 0 unspecified atom stereocenters. The van der Waals surface area contributed by atoms with Crippen LogP contribution in [-0.4, -0.2) is 10.2 Å². The van der Waals surface area contributed by atoms with E-state index in [-0.39, 0.29) is 0 Å². The van der Waals surface area contributed by atoms with Gasteiger partial charge >= 0.3 is 0 Å². The fourth-order valence-electron chi connectivity index (χ4n) is 3.85. The molecule has 0 saturated carbocycles. The molecule has 0 heterocycles. The summed E-state index contributed by atoms with van der Waals surface area (Å²) in [4.78, 5) is 0. The second-order valence-electron chi connectivity index (χ2n) is 7.85. The van der Waals surface area contributed by atoms with Gasteiger partial charge in [0, 0.05) is 21.9 Å². The van der Waals surface area contributed by atoms with Crippen LogP contribution in [0.1, 0.15) is 57.6 Å². The van der Waals surface area contributed by atoms with E-state index in [1.807, 2.05) is 24.3 Å². The predicted molar refractivity (Wildman–Crippen MR) is 114 cm³/mol. The third-order valence-electron chi connectivity index (χ3n) is 5.42. The maximum absolute atomic E-state index is 10.7. The van der Waals surface area contributed by atoms with Crippen molar-refractivity contribution in [2.75, 3.05) is 0 Å². The van der Waals surface area contributed by atoms with E-state index < -0.39 is 0 Å². The lowest BCUT2D eigenvalue weighted by Crippen LogP contribution is -2.05. The van der Waals surface area contributed by atoms with Gasteiger partial charge in [0.05, 0.1) is 0 Å². The maximum Gasteiger partial charge on any atom is 0.127 e.